The summed E-state index contributed by atoms with van der Waals surface area (Å²) in [6, 6.07) is 1.60. The topological polar surface area (TPSA) is 37.3 Å². The molecule has 0 bridgehead atoms. The lowest BCUT2D eigenvalue weighted by Crippen LogP contribution is -2.29. The average molecular weight is 353 g/mol. The van der Waals surface area contributed by atoms with E-state index in [1.807, 2.05) is 0 Å². The van der Waals surface area contributed by atoms with E-state index in [-0.39, 0.29) is 17.7 Å². The maximum absolute atomic E-state index is 14.4. The Labute approximate surface area is 123 Å². The smallest absolute Gasteiger partial charge is 0.303 e. The molecule has 0 aliphatic heterocycles. The van der Waals surface area contributed by atoms with Crippen LogP contribution in [0.5, 0.6) is 0 Å². The van der Waals surface area contributed by atoms with E-state index in [0.717, 1.165) is 24.2 Å². The number of thiophene rings is 1. The molecule has 0 saturated heterocycles. The van der Waals surface area contributed by atoms with E-state index >= 15 is 0 Å². The number of carbonyl (C=O) groups is 1. The van der Waals surface area contributed by atoms with Crippen molar-refractivity contribution in [3.05, 3.63) is 20.8 Å². The van der Waals surface area contributed by atoms with Crippen LogP contribution in [0.25, 0.3) is 0 Å². The minimum Gasteiger partial charge on any atom is -0.481 e. The lowest BCUT2D eigenvalue weighted by molar-refractivity contribution is -0.141. The summed E-state index contributed by atoms with van der Waals surface area (Å²) in [5.74, 6) is -3.95. The van der Waals surface area contributed by atoms with Crippen molar-refractivity contribution in [2.45, 2.75) is 44.4 Å². The van der Waals surface area contributed by atoms with Gasteiger partial charge in [0.05, 0.1) is 11.3 Å². The minimum atomic E-state index is -2.97. The molecule has 0 amide bonds. The largest absolute Gasteiger partial charge is 0.481 e. The van der Waals surface area contributed by atoms with Crippen molar-refractivity contribution in [1.29, 1.82) is 0 Å². The van der Waals surface area contributed by atoms with Crippen LogP contribution in [-0.4, -0.2) is 11.1 Å². The molecule has 0 unspecified atom stereocenters. The Morgan fingerprint density at radius 1 is 1.47 bits per heavy atom. The molecular formula is C13H15BrF2O2S. The molecule has 1 aromatic heterocycles. The van der Waals surface area contributed by atoms with Gasteiger partial charge in [0.1, 0.15) is 0 Å². The molecule has 19 heavy (non-hydrogen) atoms. The Balaban J connectivity index is 2.21. The second kappa shape index (κ2) is 5.48. The molecule has 0 aromatic carbocycles. The Kier molecular flexibility index (Phi) is 4.30. The zero-order valence-electron chi connectivity index (χ0n) is 10.3. The normalized spacial score (nSPS) is 18.7. The third-order valence-corrected chi connectivity index (χ3v) is 5.69. The third-order valence-electron chi connectivity index (χ3n) is 3.74. The van der Waals surface area contributed by atoms with Crippen molar-refractivity contribution in [2.24, 2.45) is 5.41 Å². The lowest BCUT2D eigenvalue weighted by Gasteiger charge is -2.31. The summed E-state index contributed by atoms with van der Waals surface area (Å²) in [5.41, 5.74) is -0.751. The Hall–Kier alpha value is -0.490. The summed E-state index contributed by atoms with van der Waals surface area (Å²) in [7, 11) is 0. The van der Waals surface area contributed by atoms with Gasteiger partial charge in [-0.15, -0.1) is 11.3 Å². The fourth-order valence-electron chi connectivity index (χ4n) is 2.97. The zero-order valence-corrected chi connectivity index (χ0v) is 12.7. The summed E-state index contributed by atoms with van der Waals surface area (Å²) >= 11 is 4.15. The minimum absolute atomic E-state index is 0.00386. The monoisotopic (exact) mass is 352 g/mol. The molecule has 0 spiro atoms. The van der Waals surface area contributed by atoms with Gasteiger partial charge in [0.15, 0.2) is 0 Å². The van der Waals surface area contributed by atoms with E-state index in [9.17, 15) is 13.6 Å². The Morgan fingerprint density at radius 2 is 2.11 bits per heavy atom. The molecular weight excluding hydrogens is 338 g/mol. The van der Waals surface area contributed by atoms with Crippen LogP contribution in [0.15, 0.2) is 15.9 Å². The molecule has 1 heterocycles. The first-order valence-corrected chi connectivity index (χ1v) is 7.85. The number of halogens is 3. The highest BCUT2D eigenvalue weighted by molar-refractivity contribution is 9.10. The highest BCUT2D eigenvalue weighted by atomic mass is 79.9. The molecule has 0 radical (unpaired) electrons. The van der Waals surface area contributed by atoms with Crippen molar-refractivity contribution in [2.75, 3.05) is 0 Å². The Morgan fingerprint density at radius 3 is 2.58 bits per heavy atom. The van der Waals surface area contributed by atoms with Crippen molar-refractivity contribution >= 4 is 33.2 Å². The van der Waals surface area contributed by atoms with Crippen LogP contribution in [0.4, 0.5) is 8.78 Å². The fourth-order valence-corrected chi connectivity index (χ4v) is 4.61. The van der Waals surface area contributed by atoms with Crippen molar-refractivity contribution in [1.82, 2.24) is 0 Å². The molecule has 2 nitrogen and oxygen atoms in total. The SMILES string of the molecule is O=C(O)CC1(CC(F)(F)c2sccc2Br)CCCC1. The maximum Gasteiger partial charge on any atom is 0.303 e. The molecule has 1 saturated carbocycles. The average Bonchev–Trinajstić information content (AvgIpc) is 2.86. The van der Waals surface area contributed by atoms with Gasteiger partial charge in [-0.05, 0) is 45.6 Å². The zero-order chi connectivity index (χ0) is 14.1. The quantitative estimate of drug-likeness (QED) is 0.806. The molecule has 1 aliphatic rings. The predicted molar refractivity (Wildman–Crippen MR) is 73.7 cm³/mol. The second-order valence-corrected chi connectivity index (χ2v) is 7.03. The van der Waals surface area contributed by atoms with Gasteiger partial charge in [-0.1, -0.05) is 12.8 Å². The van der Waals surface area contributed by atoms with E-state index in [2.05, 4.69) is 15.9 Å². The number of aliphatic carboxylic acids is 1. The number of hydrogen-bond acceptors (Lipinski definition) is 2. The third kappa shape index (κ3) is 3.34. The molecule has 1 aliphatic carbocycles. The first kappa shape index (κ1) is 14.9. The van der Waals surface area contributed by atoms with Crippen LogP contribution in [0.3, 0.4) is 0 Å². The van der Waals surface area contributed by atoms with Crippen molar-refractivity contribution in [3.8, 4) is 0 Å². The molecule has 2 rings (SSSR count). The standard InChI is InChI=1S/C13H15BrF2O2S/c14-9-3-6-19-11(9)13(15,16)8-12(7-10(17)18)4-1-2-5-12/h3,6H,1-2,4-5,7-8H2,(H,17,18). The van der Waals surface area contributed by atoms with E-state index in [4.69, 9.17) is 5.11 Å². The second-order valence-electron chi connectivity index (χ2n) is 5.26. The first-order valence-electron chi connectivity index (χ1n) is 6.18. The van der Waals surface area contributed by atoms with Crippen LogP contribution in [0.2, 0.25) is 0 Å². The van der Waals surface area contributed by atoms with Crippen LogP contribution in [0.1, 0.15) is 43.4 Å². The molecule has 106 valence electrons. The van der Waals surface area contributed by atoms with Gasteiger partial charge in [-0.25, -0.2) is 8.78 Å². The van der Waals surface area contributed by atoms with Gasteiger partial charge < -0.3 is 5.11 Å². The van der Waals surface area contributed by atoms with Gasteiger partial charge >= 0.3 is 5.97 Å². The molecule has 1 aromatic rings. The van der Waals surface area contributed by atoms with Gasteiger partial charge in [-0.2, -0.15) is 0 Å². The number of carboxylic acid groups (broad SMARTS) is 1. The summed E-state index contributed by atoms with van der Waals surface area (Å²) in [6.07, 6.45) is 2.32. The molecule has 1 fully saturated rings. The Bertz CT molecular complexity index is 467. The first-order chi connectivity index (χ1) is 8.85. The number of hydrogen-bond donors (Lipinski definition) is 1. The summed E-state index contributed by atoms with van der Waals surface area (Å²) in [6.45, 7) is 0. The number of alkyl halides is 2. The van der Waals surface area contributed by atoms with E-state index < -0.39 is 17.3 Å². The number of carboxylic acids is 1. The van der Waals surface area contributed by atoms with Crippen LogP contribution < -0.4 is 0 Å². The van der Waals surface area contributed by atoms with E-state index in [0.29, 0.717) is 17.3 Å². The predicted octanol–water partition coefficient (Wildman–Crippen LogP) is 5.03. The molecule has 0 atom stereocenters. The van der Waals surface area contributed by atoms with Crippen LogP contribution in [-0.2, 0) is 10.7 Å². The van der Waals surface area contributed by atoms with Gasteiger partial charge in [0.2, 0.25) is 0 Å². The fraction of sp³-hybridized carbons (Fsp3) is 0.615. The summed E-state index contributed by atoms with van der Waals surface area (Å²) in [5, 5.41) is 10.6. The van der Waals surface area contributed by atoms with Crippen LogP contribution in [0, 0.1) is 5.41 Å². The lowest BCUT2D eigenvalue weighted by atomic mass is 9.77. The van der Waals surface area contributed by atoms with Gasteiger partial charge in [0.25, 0.3) is 5.92 Å². The molecule has 1 N–H and O–H groups in total. The highest BCUT2D eigenvalue weighted by Gasteiger charge is 2.47. The van der Waals surface area contributed by atoms with Crippen molar-refractivity contribution < 1.29 is 18.7 Å². The van der Waals surface area contributed by atoms with E-state index in [1.54, 1.807) is 11.4 Å². The van der Waals surface area contributed by atoms with E-state index in [1.165, 1.54) is 0 Å². The van der Waals surface area contributed by atoms with Crippen molar-refractivity contribution in [3.63, 3.8) is 0 Å². The summed E-state index contributed by atoms with van der Waals surface area (Å²) in [4.78, 5) is 11.0. The van der Waals surface area contributed by atoms with Crippen LogP contribution >= 0.6 is 27.3 Å². The van der Waals surface area contributed by atoms with Gasteiger partial charge in [0, 0.05) is 10.9 Å². The summed E-state index contributed by atoms with van der Waals surface area (Å²) < 4.78 is 29.2. The molecule has 6 heteroatoms. The highest BCUT2D eigenvalue weighted by Crippen LogP contribution is 2.52. The number of rotatable bonds is 5. The maximum atomic E-state index is 14.4. The van der Waals surface area contributed by atoms with Gasteiger partial charge in [-0.3, -0.25) is 4.79 Å².